The van der Waals surface area contributed by atoms with E-state index < -0.39 is 0 Å². The summed E-state index contributed by atoms with van der Waals surface area (Å²) in [5.74, 6) is 1.35. The third-order valence-corrected chi connectivity index (χ3v) is 3.51. The number of hydrogen-bond donors (Lipinski definition) is 2. The third-order valence-electron chi connectivity index (χ3n) is 3.31. The molecule has 0 aliphatic heterocycles. The fourth-order valence-electron chi connectivity index (χ4n) is 2.42. The molecule has 0 amide bonds. The average Bonchev–Trinajstić information content (AvgIpc) is 2.29. The number of anilines is 1. The van der Waals surface area contributed by atoms with Gasteiger partial charge in [0.05, 0.1) is 12.1 Å². The number of hydrogen-bond acceptors (Lipinski definition) is 4. The highest BCUT2D eigenvalue weighted by Crippen LogP contribution is 2.31. The monoisotopic (exact) mass is 255 g/mol. The smallest absolute Gasteiger partial charge is 0.134 e. The Labute approximate surface area is 106 Å². The molecule has 5 heteroatoms. The van der Waals surface area contributed by atoms with Crippen molar-refractivity contribution >= 4 is 17.4 Å². The summed E-state index contributed by atoms with van der Waals surface area (Å²) in [6.45, 7) is 1.94. The second-order valence-corrected chi connectivity index (χ2v) is 5.13. The maximum Gasteiger partial charge on any atom is 0.134 e. The summed E-state index contributed by atoms with van der Waals surface area (Å²) in [6.07, 6.45) is 5.48. The first kappa shape index (κ1) is 12.6. The Kier molecular flexibility index (Phi) is 3.84. The van der Waals surface area contributed by atoms with Crippen LogP contribution in [0.25, 0.3) is 0 Å². The number of aryl methyl sites for hydroxylation is 1. The van der Waals surface area contributed by atoms with E-state index in [0.29, 0.717) is 16.8 Å². The molecule has 0 unspecified atom stereocenters. The van der Waals surface area contributed by atoms with E-state index in [-0.39, 0.29) is 12.1 Å². The third kappa shape index (κ3) is 3.07. The molecule has 1 saturated carbocycles. The Balaban J connectivity index is 2.17. The molecule has 0 atom stereocenters. The van der Waals surface area contributed by atoms with Crippen molar-refractivity contribution in [2.45, 2.75) is 44.6 Å². The zero-order valence-corrected chi connectivity index (χ0v) is 10.8. The number of aliphatic hydroxyl groups excluding tert-OH is 1. The molecule has 2 N–H and O–H groups in total. The van der Waals surface area contributed by atoms with Crippen molar-refractivity contribution in [2.24, 2.45) is 0 Å². The van der Waals surface area contributed by atoms with Gasteiger partial charge in [-0.05, 0) is 19.8 Å². The number of halogens is 1. The van der Waals surface area contributed by atoms with E-state index in [0.717, 1.165) is 25.7 Å². The molecule has 1 heterocycles. The van der Waals surface area contributed by atoms with Gasteiger partial charge >= 0.3 is 0 Å². The molecule has 1 aromatic heterocycles. The zero-order chi connectivity index (χ0) is 12.3. The number of aliphatic hydroxyl groups is 1. The van der Waals surface area contributed by atoms with Crippen LogP contribution in [0.15, 0.2) is 6.07 Å². The lowest BCUT2D eigenvalue weighted by Crippen LogP contribution is -2.44. The van der Waals surface area contributed by atoms with Crippen molar-refractivity contribution in [1.29, 1.82) is 0 Å². The van der Waals surface area contributed by atoms with Gasteiger partial charge in [-0.1, -0.05) is 30.9 Å². The highest BCUT2D eigenvalue weighted by molar-refractivity contribution is 6.29. The van der Waals surface area contributed by atoms with Gasteiger partial charge in [-0.2, -0.15) is 0 Å². The van der Waals surface area contributed by atoms with Gasteiger partial charge in [-0.25, -0.2) is 9.97 Å². The summed E-state index contributed by atoms with van der Waals surface area (Å²) >= 11 is 5.90. The normalized spacial score (nSPS) is 19.0. The van der Waals surface area contributed by atoms with Crippen LogP contribution in [0.5, 0.6) is 0 Å². The highest BCUT2D eigenvalue weighted by atomic mass is 35.5. The topological polar surface area (TPSA) is 58.0 Å². The van der Waals surface area contributed by atoms with E-state index in [2.05, 4.69) is 15.3 Å². The fourth-order valence-corrected chi connectivity index (χ4v) is 2.64. The van der Waals surface area contributed by atoms with Crippen molar-refractivity contribution in [1.82, 2.24) is 9.97 Å². The lowest BCUT2D eigenvalue weighted by Gasteiger charge is -2.37. The predicted molar refractivity (Wildman–Crippen MR) is 68.3 cm³/mol. The maximum atomic E-state index is 9.60. The minimum absolute atomic E-state index is 0.133. The van der Waals surface area contributed by atoms with Gasteiger partial charge in [-0.15, -0.1) is 0 Å². The van der Waals surface area contributed by atoms with E-state index in [9.17, 15) is 5.11 Å². The van der Waals surface area contributed by atoms with Crippen LogP contribution in [0.4, 0.5) is 5.82 Å². The van der Waals surface area contributed by atoms with Crippen LogP contribution in [-0.2, 0) is 0 Å². The summed E-state index contributed by atoms with van der Waals surface area (Å²) in [5.41, 5.74) is -0.234. The van der Waals surface area contributed by atoms with Gasteiger partial charge < -0.3 is 10.4 Å². The van der Waals surface area contributed by atoms with Crippen LogP contribution in [-0.4, -0.2) is 27.2 Å². The molecule has 0 spiro atoms. The van der Waals surface area contributed by atoms with E-state index in [1.165, 1.54) is 6.42 Å². The Hall–Kier alpha value is -0.870. The minimum Gasteiger partial charge on any atom is -0.394 e. The number of nitrogens with one attached hydrogen (secondary N) is 1. The lowest BCUT2D eigenvalue weighted by molar-refractivity contribution is 0.172. The summed E-state index contributed by atoms with van der Waals surface area (Å²) < 4.78 is 0. The Morgan fingerprint density at radius 1 is 1.35 bits per heavy atom. The van der Waals surface area contributed by atoms with Gasteiger partial charge in [0.1, 0.15) is 16.8 Å². The Bertz CT molecular complexity index is 371. The maximum absolute atomic E-state index is 9.60. The van der Waals surface area contributed by atoms with E-state index >= 15 is 0 Å². The summed E-state index contributed by atoms with van der Waals surface area (Å²) in [7, 11) is 0. The summed E-state index contributed by atoms with van der Waals surface area (Å²) in [5, 5.41) is 13.4. The SMILES string of the molecule is Cc1nc(Cl)cc(NC2(CO)CCCCC2)n1. The van der Waals surface area contributed by atoms with Crippen LogP contribution in [0.2, 0.25) is 5.15 Å². The van der Waals surface area contributed by atoms with Gasteiger partial charge in [0, 0.05) is 6.07 Å². The number of rotatable bonds is 3. The standard InChI is InChI=1S/C12H18ClN3O/c1-9-14-10(13)7-11(15-9)16-12(8-17)5-3-2-4-6-12/h7,17H,2-6,8H2,1H3,(H,14,15,16). The lowest BCUT2D eigenvalue weighted by atomic mass is 9.82. The molecule has 2 rings (SSSR count). The van der Waals surface area contributed by atoms with Crippen LogP contribution >= 0.6 is 11.6 Å². The summed E-state index contributed by atoms with van der Waals surface area (Å²) in [4.78, 5) is 8.33. The molecular formula is C12H18ClN3O. The van der Waals surface area contributed by atoms with E-state index in [1.807, 2.05) is 6.92 Å². The van der Waals surface area contributed by atoms with Crippen molar-refractivity contribution < 1.29 is 5.11 Å². The molecule has 1 aliphatic carbocycles. The predicted octanol–water partition coefficient (Wildman–Crippen LogP) is 2.55. The Morgan fingerprint density at radius 2 is 2.06 bits per heavy atom. The van der Waals surface area contributed by atoms with Crippen molar-refractivity contribution in [2.75, 3.05) is 11.9 Å². The van der Waals surface area contributed by atoms with Crippen LogP contribution in [0.3, 0.4) is 0 Å². The van der Waals surface area contributed by atoms with Gasteiger partial charge in [0.25, 0.3) is 0 Å². The average molecular weight is 256 g/mol. The van der Waals surface area contributed by atoms with Gasteiger partial charge in [-0.3, -0.25) is 0 Å². The van der Waals surface area contributed by atoms with Crippen molar-refractivity contribution in [3.05, 3.63) is 17.0 Å². The molecule has 1 aromatic rings. The molecular weight excluding hydrogens is 238 g/mol. The highest BCUT2D eigenvalue weighted by Gasteiger charge is 2.31. The molecule has 94 valence electrons. The molecule has 1 aliphatic rings. The molecule has 0 bridgehead atoms. The first-order valence-corrected chi connectivity index (χ1v) is 6.42. The number of aromatic nitrogens is 2. The Morgan fingerprint density at radius 3 is 2.65 bits per heavy atom. The molecule has 0 radical (unpaired) electrons. The van der Waals surface area contributed by atoms with Crippen molar-refractivity contribution in [3.63, 3.8) is 0 Å². The molecule has 0 aromatic carbocycles. The van der Waals surface area contributed by atoms with Crippen LogP contribution < -0.4 is 5.32 Å². The first-order valence-electron chi connectivity index (χ1n) is 6.04. The largest absolute Gasteiger partial charge is 0.394 e. The minimum atomic E-state index is -0.234. The van der Waals surface area contributed by atoms with Crippen molar-refractivity contribution in [3.8, 4) is 0 Å². The molecule has 4 nitrogen and oxygen atoms in total. The van der Waals surface area contributed by atoms with E-state index in [4.69, 9.17) is 11.6 Å². The van der Waals surface area contributed by atoms with Crippen LogP contribution in [0.1, 0.15) is 37.9 Å². The first-order chi connectivity index (χ1) is 8.13. The summed E-state index contributed by atoms with van der Waals surface area (Å²) in [6, 6.07) is 1.71. The molecule has 1 fully saturated rings. The number of nitrogens with zero attached hydrogens (tertiary/aromatic N) is 2. The fraction of sp³-hybridized carbons (Fsp3) is 0.667. The quantitative estimate of drug-likeness (QED) is 0.815. The second kappa shape index (κ2) is 5.19. The zero-order valence-electron chi connectivity index (χ0n) is 10.0. The van der Waals surface area contributed by atoms with Gasteiger partial charge in [0.15, 0.2) is 0 Å². The molecule has 0 saturated heterocycles. The molecule has 17 heavy (non-hydrogen) atoms. The van der Waals surface area contributed by atoms with E-state index in [1.54, 1.807) is 6.07 Å². The van der Waals surface area contributed by atoms with Gasteiger partial charge in [0.2, 0.25) is 0 Å². The second-order valence-electron chi connectivity index (χ2n) is 4.75. The van der Waals surface area contributed by atoms with Crippen LogP contribution in [0, 0.1) is 6.92 Å².